The summed E-state index contributed by atoms with van der Waals surface area (Å²) >= 11 is 5.94. The Morgan fingerprint density at radius 2 is 1.36 bits per heavy atom. The van der Waals surface area contributed by atoms with Gasteiger partial charge in [-0.05, 0) is 79.0 Å². The lowest BCUT2D eigenvalue weighted by Gasteiger charge is -2.24. The molecule has 8 nitrogen and oxygen atoms in total. The molecule has 0 aliphatic carbocycles. The van der Waals surface area contributed by atoms with Crippen LogP contribution in [0.3, 0.4) is 0 Å². The Morgan fingerprint density at radius 3 is 2.05 bits per heavy atom. The second kappa shape index (κ2) is 11.8. The van der Waals surface area contributed by atoms with Crippen LogP contribution in [0, 0.1) is 6.92 Å². The van der Waals surface area contributed by atoms with Gasteiger partial charge in [-0.1, -0.05) is 65.7 Å². The monoisotopic (exact) mass is 619 g/mol. The van der Waals surface area contributed by atoms with E-state index in [1.807, 2.05) is 37.3 Å². The van der Waals surface area contributed by atoms with Crippen LogP contribution in [-0.2, 0) is 24.8 Å². The normalized spacial score (nSPS) is 11.7. The summed E-state index contributed by atoms with van der Waals surface area (Å²) < 4.78 is 56.9. The van der Waals surface area contributed by atoms with E-state index in [4.69, 9.17) is 11.6 Å². The summed E-state index contributed by atoms with van der Waals surface area (Å²) in [6.45, 7) is 1.35. The lowest BCUT2D eigenvalue weighted by molar-refractivity contribution is -0.114. The number of nitrogens with one attached hydrogen (secondary N) is 2. The van der Waals surface area contributed by atoms with E-state index in [1.54, 1.807) is 36.4 Å². The summed E-state index contributed by atoms with van der Waals surface area (Å²) in [5.74, 6) is -0.613. The first-order valence-electron chi connectivity index (χ1n) is 12.8. The van der Waals surface area contributed by atoms with Gasteiger partial charge >= 0.3 is 0 Å². The number of carbonyl (C=O) groups excluding carboxylic acids is 1. The molecule has 0 saturated heterocycles. The number of fused-ring (bicyclic) bond motifs is 1. The maximum absolute atomic E-state index is 13.5. The smallest absolute Gasteiger partial charge is 0.264 e. The maximum Gasteiger partial charge on any atom is 0.264 e. The number of hydrogen-bond donors (Lipinski definition) is 2. The van der Waals surface area contributed by atoms with Gasteiger partial charge in [-0.25, -0.2) is 16.8 Å². The molecule has 0 fully saturated rings. The van der Waals surface area contributed by atoms with Gasteiger partial charge in [-0.15, -0.1) is 0 Å². The molecule has 0 aliphatic heterocycles. The van der Waals surface area contributed by atoms with Crippen LogP contribution < -0.4 is 14.3 Å². The average Bonchev–Trinajstić information content (AvgIpc) is 2.97. The first kappa shape index (κ1) is 29.1. The third-order valence-corrected chi connectivity index (χ3v) is 9.91. The van der Waals surface area contributed by atoms with Gasteiger partial charge in [0.1, 0.15) is 6.54 Å². The van der Waals surface area contributed by atoms with Crippen LogP contribution in [0.4, 0.5) is 17.1 Å². The highest BCUT2D eigenvalue weighted by atomic mass is 35.5. The summed E-state index contributed by atoms with van der Waals surface area (Å²) in [7, 11) is -8.04. The molecular formula is C31H26ClN3O5S2. The molecule has 2 N–H and O–H groups in total. The van der Waals surface area contributed by atoms with Crippen molar-refractivity contribution in [3.05, 3.63) is 126 Å². The maximum atomic E-state index is 13.5. The summed E-state index contributed by atoms with van der Waals surface area (Å²) in [5.41, 5.74) is 1.99. The molecule has 1 amide bonds. The molecule has 0 unspecified atom stereocenters. The fourth-order valence-corrected chi connectivity index (χ4v) is 6.95. The Bertz CT molecular complexity index is 1960. The number of hydrogen-bond acceptors (Lipinski definition) is 5. The quantitative estimate of drug-likeness (QED) is 0.197. The van der Waals surface area contributed by atoms with E-state index in [0.717, 1.165) is 20.6 Å². The minimum Gasteiger partial charge on any atom is -0.325 e. The zero-order valence-electron chi connectivity index (χ0n) is 22.4. The zero-order valence-corrected chi connectivity index (χ0v) is 24.7. The predicted molar refractivity (Wildman–Crippen MR) is 167 cm³/mol. The van der Waals surface area contributed by atoms with Gasteiger partial charge < -0.3 is 5.32 Å². The standard InChI is InChI=1S/C31H26ClN3O5S2/c1-22-9-15-26(16-10-22)35(42(39,40)28-17-11-24(32)12-18-28)21-31(36)33-25-13-19-27(20-14-25)41(37,38)34-30-8-4-6-23-5-2-3-7-29(23)30/h2-20,34H,21H2,1H3,(H,33,36). The van der Waals surface area contributed by atoms with Gasteiger partial charge in [0.15, 0.2) is 0 Å². The zero-order chi connectivity index (χ0) is 29.9. The second-order valence-corrected chi connectivity index (χ2v) is 13.5. The van der Waals surface area contributed by atoms with Crippen LogP contribution in [-0.4, -0.2) is 29.3 Å². The summed E-state index contributed by atoms with van der Waals surface area (Å²) in [6, 6.07) is 30.8. The highest BCUT2D eigenvalue weighted by Crippen LogP contribution is 2.27. The molecule has 42 heavy (non-hydrogen) atoms. The molecule has 11 heteroatoms. The van der Waals surface area contributed by atoms with E-state index in [0.29, 0.717) is 22.1 Å². The molecule has 0 radical (unpaired) electrons. The summed E-state index contributed by atoms with van der Waals surface area (Å²) in [4.78, 5) is 13.1. The highest BCUT2D eigenvalue weighted by molar-refractivity contribution is 7.93. The molecule has 0 aliphatic rings. The van der Waals surface area contributed by atoms with Crippen molar-refractivity contribution in [1.82, 2.24) is 0 Å². The predicted octanol–water partition coefficient (Wildman–Crippen LogP) is 6.44. The lowest BCUT2D eigenvalue weighted by Crippen LogP contribution is -2.38. The molecule has 214 valence electrons. The molecule has 5 aromatic rings. The van der Waals surface area contributed by atoms with E-state index in [2.05, 4.69) is 10.0 Å². The van der Waals surface area contributed by atoms with Gasteiger partial charge in [0.2, 0.25) is 5.91 Å². The molecule has 0 heterocycles. The van der Waals surface area contributed by atoms with Gasteiger partial charge in [0, 0.05) is 16.1 Å². The number of sulfonamides is 2. The fraction of sp³-hybridized carbons (Fsp3) is 0.0645. The topological polar surface area (TPSA) is 113 Å². The Morgan fingerprint density at radius 1 is 0.738 bits per heavy atom. The minimum absolute atomic E-state index is 0.0000289. The minimum atomic E-state index is -4.12. The molecule has 5 rings (SSSR count). The number of nitrogens with zero attached hydrogens (tertiary/aromatic N) is 1. The molecule has 0 aromatic heterocycles. The Kier molecular flexibility index (Phi) is 8.22. The van der Waals surface area contributed by atoms with Crippen LogP contribution in [0.25, 0.3) is 10.8 Å². The van der Waals surface area contributed by atoms with Crippen molar-refractivity contribution >= 4 is 65.4 Å². The van der Waals surface area contributed by atoms with Crippen molar-refractivity contribution in [3.8, 4) is 0 Å². The average molecular weight is 620 g/mol. The van der Waals surface area contributed by atoms with Crippen LogP contribution in [0.15, 0.2) is 125 Å². The third-order valence-electron chi connectivity index (χ3n) is 6.49. The fourth-order valence-electron chi connectivity index (χ4n) is 4.33. The number of halogens is 1. The Hall–Kier alpha value is -4.38. The van der Waals surface area contributed by atoms with Crippen molar-refractivity contribution in [2.45, 2.75) is 16.7 Å². The van der Waals surface area contributed by atoms with Crippen LogP contribution in [0.5, 0.6) is 0 Å². The van der Waals surface area contributed by atoms with Gasteiger partial charge in [0.05, 0.1) is 21.2 Å². The first-order valence-corrected chi connectivity index (χ1v) is 16.1. The Labute approximate surface area is 249 Å². The number of rotatable bonds is 9. The van der Waals surface area contributed by atoms with Crippen LogP contribution >= 0.6 is 11.6 Å². The molecular weight excluding hydrogens is 594 g/mol. The molecule has 0 atom stereocenters. The number of benzene rings is 5. The van der Waals surface area contributed by atoms with E-state index in [-0.39, 0.29) is 9.79 Å². The van der Waals surface area contributed by atoms with Gasteiger partial charge in [-0.3, -0.25) is 13.8 Å². The Balaban J connectivity index is 1.34. The summed E-state index contributed by atoms with van der Waals surface area (Å²) in [5, 5.41) is 4.70. The van der Waals surface area contributed by atoms with E-state index in [1.165, 1.54) is 48.5 Å². The van der Waals surface area contributed by atoms with Crippen molar-refractivity contribution in [2.24, 2.45) is 0 Å². The van der Waals surface area contributed by atoms with Crippen LogP contribution in [0.2, 0.25) is 5.02 Å². The van der Waals surface area contributed by atoms with Crippen LogP contribution in [0.1, 0.15) is 5.56 Å². The van der Waals surface area contributed by atoms with E-state index in [9.17, 15) is 21.6 Å². The van der Waals surface area contributed by atoms with Crippen molar-refractivity contribution < 1.29 is 21.6 Å². The highest BCUT2D eigenvalue weighted by Gasteiger charge is 2.27. The number of carbonyl (C=O) groups is 1. The number of amides is 1. The first-order chi connectivity index (χ1) is 20.0. The molecule has 5 aromatic carbocycles. The SMILES string of the molecule is Cc1ccc(N(CC(=O)Nc2ccc(S(=O)(=O)Nc3cccc4ccccc34)cc2)S(=O)(=O)c2ccc(Cl)cc2)cc1. The van der Waals surface area contributed by atoms with Gasteiger partial charge in [-0.2, -0.15) is 0 Å². The van der Waals surface area contributed by atoms with E-state index >= 15 is 0 Å². The lowest BCUT2D eigenvalue weighted by atomic mass is 10.1. The summed E-state index contributed by atoms with van der Waals surface area (Å²) in [6.07, 6.45) is 0. The van der Waals surface area contributed by atoms with E-state index < -0.39 is 32.5 Å². The number of aryl methyl sites for hydroxylation is 1. The molecule has 0 spiro atoms. The van der Waals surface area contributed by atoms with Crippen molar-refractivity contribution in [1.29, 1.82) is 0 Å². The second-order valence-electron chi connectivity index (χ2n) is 9.51. The van der Waals surface area contributed by atoms with Crippen molar-refractivity contribution in [3.63, 3.8) is 0 Å². The molecule has 0 bridgehead atoms. The van der Waals surface area contributed by atoms with Gasteiger partial charge in [0.25, 0.3) is 20.0 Å². The number of anilines is 3. The third kappa shape index (κ3) is 6.41. The van der Waals surface area contributed by atoms with Crippen molar-refractivity contribution in [2.75, 3.05) is 20.9 Å². The molecule has 0 saturated carbocycles. The largest absolute Gasteiger partial charge is 0.325 e.